The van der Waals surface area contributed by atoms with Gasteiger partial charge < -0.3 is 10.4 Å². The molecule has 1 aromatic heterocycles. The number of nitrogens with one attached hydrogen (secondary N) is 1. The van der Waals surface area contributed by atoms with Gasteiger partial charge in [-0.1, -0.05) is 15.9 Å². The van der Waals surface area contributed by atoms with E-state index in [4.69, 9.17) is 0 Å². The maximum Gasteiger partial charge on any atom is 0.337 e. The lowest BCUT2D eigenvalue weighted by Crippen LogP contribution is -2.02. The quantitative estimate of drug-likeness (QED) is 0.900. The highest BCUT2D eigenvalue weighted by molar-refractivity contribution is 9.10. The normalized spacial score (nSPS) is 10.7. The fraction of sp³-hybridized carbons (Fsp3) is 0.231. The van der Waals surface area contributed by atoms with E-state index in [9.17, 15) is 9.90 Å². The van der Waals surface area contributed by atoms with E-state index in [1.807, 2.05) is 24.7 Å². The summed E-state index contributed by atoms with van der Waals surface area (Å²) in [6.45, 7) is 4.05. The molecule has 0 saturated carbocycles. The number of hydrogen-bond donors (Lipinski definition) is 2. The Morgan fingerprint density at radius 1 is 1.47 bits per heavy atom. The van der Waals surface area contributed by atoms with Crippen LogP contribution in [0.1, 0.15) is 30.2 Å². The van der Waals surface area contributed by atoms with Gasteiger partial charge in [0, 0.05) is 16.7 Å². The molecule has 0 saturated heterocycles. The number of aromatic nitrogens is 2. The summed E-state index contributed by atoms with van der Waals surface area (Å²) < 4.78 is 2.54. The van der Waals surface area contributed by atoms with Crippen molar-refractivity contribution in [1.29, 1.82) is 0 Å². The minimum atomic E-state index is -0.972. The average molecular weight is 324 g/mol. The first kappa shape index (κ1) is 13.6. The molecule has 2 N–H and O–H groups in total. The van der Waals surface area contributed by atoms with E-state index in [1.165, 1.54) is 0 Å². The molecule has 0 radical (unpaired) electrons. The Morgan fingerprint density at radius 2 is 2.21 bits per heavy atom. The van der Waals surface area contributed by atoms with E-state index < -0.39 is 5.97 Å². The van der Waals surface area contributed by atoms with Crippen molar-refractivity contribution in [2.45, 2.75) is 19.9 Å². The molecule has 6 heteroatoms. The van der Waals surface area contributed by atoms with Gasteiger partial charge in [-0.3, -0.25) is 4.68 Å². The molecule has 100 valence electrons. The summed E-state index contributed by atoms with van der Waals surface area (Å²) in [6.07, 6.45) is 3.52. The van der Waals surface area contributed by atoms with Crippen LogP contribution in [0.15, 0.2) is 35.1 Å². The van der Waals surface area contributed by atoms with E-state index in [1.54, 1.807) is 24.4 Å². The molecule has 19 heavy (non-hydrogen) atoms. The SMILES string of the molecule is CC(C)n1cc(Nc2ccc(Br)cc2C(=O)O)cn1. The lowest BCUT2D eigenvalue weighted by atomic mass is 10.2. The molecule has 0 fully saturated rings. The highest BCUT2D eigenvalue weighted by Gasteiger charge is 2.11. The fourth-order valence-corrected chi connectivity index (χ4v) is 2.00. The second-order valence-electron chi connectivity index (χ2n) is 4.42. The number of carboxylic acids is 1. The summed E-state index contributed by atoms with van der Waals surface area (Å²) in [6, 6.07) is 5.35. The zero-order chi connectivity index (χ0) is 14.0. The smallest absolute Gasteiger partial charge is 0.337 e. The van der Waals surface area contributed by atoms with Crippen molar-refractivity contribution >= 4 is 33.3 Å². The van der Waals surface area contributed by atoms with Gasteiger partial charge in [0.1, 0.15) is 0 Å². The average Bonchev–Trinajstić information content (AvgIpc) is 2.80. The number of anilines is 2. The predicted octanol–water partition coefficient (Wildman–Crippen LogP) is 3.67. The van der Waals surface area contributed by atoms with Crippen molar-refractivity contribution in [2.75, 3.05) is 5.32 Å². The molecule has 0 amide bonds. The summed E-state index contributed by atoms with van der Waals surface area (Å²) in [5.41, 5.74) is 1.52. The van der Waals surface area contributed by atoms with Crippen LogP contribution in [0.2, 0.25) is 0 Å². The molecule has 2 aromatic rings. The van der Waals surface area contributed by atoms with Gasteiger partial charge in [0.05, 0.1) is 23.1 Å². The summed E-state index contributed by atoms with van der Waals surface area (Å²) >= 11 is 3.27. The first-order chi connectivity index (χ1) is 8.97. The molecule has 1 aromatic carbocycles. The van der Waals surface area contributed by atoms with Crippen LogP contribution in [-0.2, 0) is 0 Å². The first-order valence-electron chi connectivity index (χ1n) is 5.81. The third-order valence-corrected chi connectivity index (χ3v) is 3.11. The monoisotopic (exact) mass is 323 g/mol. The maximum absolute atomic E-state index is 11.2. The molecular formula is C13H14BrN3O2. The van der Waals surface area contributed by atoms with Crippen LogP contribution in [0.5, 0.6) is 0 Å². The van der Waals surface area contributed by atoms with Gasteiger partial charge in [0.2, 0.25) is 0 Å². The molecule has 0 aliphatic carbocycles. The summed E-state index contributed by atoms with van der Waals surface area (Å²) in [5, 5.41) is 16.5. The highest BCUT2D eigenvalue weighted by atomic mass is 79.9. The molecule has 0 unspecified atom stereocenters. The largest absolute Gasteiger partial charge is 0.478 e. The van der Waals surface area contributed by atoms with Gasteiger partial charge in [0.15, 0.2) is 0 Å². The summed E-state index contributed by atoms with van der Waals surface area (Å²) in [4.78, 5) is 11.2. The van der Waals surface area contributed by atoms with E-state index in [-0.39, 0.29) is 11.6 Å². The molecule has 1 heterocycles. The van der Waals surface area contributed by atoms with Gasteiger partial charge in [-0.15, -0.1) is 0 Å². The minimum absolute atomic E-state index is 0.215. The fourth-order valence-electron chi connectivity index (χ4n) is 1.64. The van der Waals surface area contributed by atoms with Crippen molar-refractivity contribution in [3.8, 4) is 0 Å². The minimum Gasteiger partial charge on any atom is -0.478 e. The molecular weight excluding hydrogens is 310 g/mol. The first-order valence-corrected chi connectivity index (χ1v) is 6.60. The highest BCUT2D eigenvalue weighted by Crippen LogP contribution is 2.24. The van der Waals surface area contributed by atoms with Crippen LogP contribution < -0.4 is 5.32 Å². The molecule has 5 nitrogen and oxygen atoms in total. The zero-order valence-corrected chi connectivity index (χ0v) is 12.2. The molecule has 0 atom stereocenters. The van der Waals surface area contributed by atoms with Crippen LogP contribution >= 0.6 is 15.9 Å². The van der Waals surface area contributed by atoms with E-state index in [0.717, 1.165) is 10.2 Å². The number of benzene rings is 1. The topological polar surface area (TPSA) is 67.2 Å². The third kappa shape index (κ3) is 3.14. The van der Waals surface area contributed by atoms with Crippen molar-refractivity contribution in [3.63, 3.8) is 0 Å². The van der Waals surface area contributed by atoms with E-state index >= 15 is 0 Å². The second-order valence-corrected chi connectivity index (χ2v) is 5.34. The van der Waals surface area contributed by atoms with Crippen LogP contribution in [0.4, 0.5) is 11.4 Å². The standard InChI is InChI=1S/C13H14BrN3O2/c1-8(2)17-7-10(6-15-17)16-12-4-3-9(14)5-11(12)13(18)19/h3-8,16H,1-2H3,(H,18,19). The summed E-state index contributed by atoms with van der Waals surface area (Å²) in [7, 11) is 0. The Labute approximate surface area is 119 Å². The molecule has 0 aliphatic heterocycles. The number of nitrogens with zero attached hydrogens (tertiary/aromatic N) is 2. The Kier molecular flexibility index (Phi) is 3.90. The van der Waals surface area contributed by atoms with Gasteiger partial charge in [-0.2, -0.15) is 5.10 Å². The number of carbonyl (C=O) groups is 1. The van der Waals surface area contributed by atoms with Gasteiger partial charge in [-0.25, -0.2) is 4.79 Å². The van der Waals surface area contributed by atoms with Crippen LogP contribution in [0.25, 0.3) is 0 Å². The molecule has 0 bridgehead atoms. The van der Waals surface area contributed by atoms with Gasteiger partial charge in [-0.05, 0) is 32.0 Å². The number of rotatable bonds is 4. The maximum atomic E-state index is 11.2. The Hall–Kier alpha value is -1.82. The third-order valence-electron chi connectivity index (χ3n) is 2.62. The van der Waals surface area contributed by atoms with Crippen LogP contribution in [-0.4, -0.2) is 20.9 Å². The van der Waals surface area contributed by atoms with Crippen molar-refractivity contribution < 1.29 is 9.90 Å². The van der Waals surface area contributed by atoms with Crippen LogP contribution in [0.3, 0.4) is 0 Å². The van der Waals surface area contributed by atoms with Crippen molar-refractivity contribution in [2.24, 2.45) is 0 Å². The van der Waals surface area contributed by atoms with E-state index in [0.29, 0.717) is 5.69 Å². The molecule has 2 rings (SSSR count). The van der Waals surface area contributed by atoms with Crippen molar-refractivity contribution in [1.82, 2.24) is 9.78 Å². The molecule has 0 aliphatic rings. The lowest BCUT2D eigenvalue weighted by Gasteiger charge is -2.08. The number of aromatic carboxylic acids is 1. The Bertz CT molecular complexity index is 608. The number of hydrogen-bond acceptors (Lipinski definition) is 3. The van der Waals surface area contributed by atoms with Crippen molar-refractivity contribution in [3.05, 3.63) is 40.6 Å². The van der Waals surface area contributed by atoms with Gasteiger partial charge in [0.25, 0.3) is 0 Å². The number of carboxylic acid groups (broad SMARTS) is 1. The van der Waals surface area contributed by atoms with Gasteiger partial charge >= 0.3 is 5.97 Å². The van der Waals surface area contributed by atoms with E-state index in [2.05, 4.69) is 26.3 Å². The Morgan fingerprint density at radius 3 is 2.79 bits per heavy atom. The summed E-state index contributed by atoms with van der Waals surface area (Å²) in [5.74, 6) is -0.972. The molecule has 0 spiro atoms. The second kappa shape index (κ2) is 5.44. The lowest BCUT2D eigenvalue weighted by molar-refractivity contribution is 0.0698. The zero-order valence-electron chi connectivity index (χ0n) is 10.6. The Balaban J connectivity index is 2.29. The van der Waals surface area contributed by atoms with Crippen LogP contribution in [0, 0.1) is 0 Å². The number of halogens is 1. The predicted molar refractivity (Wildman–Crippen MR) is 77.0 cm³/mol.